The largest absolute Gasteiger partial charge is 0.481 e. The lowest BCUT2D eigenvalue weighted by molar-refractivity contribution is -0.212. The Morgan fingerprint density at radius 1 is 1.42 bits per heavy atom. The predicted molar refractivity (Wildman–Crippen MR) is 74.9 cm³/mol. The van der Waals surface area contributed by atoms with Crippen LogP contribution in [0.25, 0.3) is 0 Å². The molecule has 2 atom stereocenters. The molecule has 1 rings (SSSR count). The highest BCUT2D eigenvalue weighted by Gasteiger charge is 2.52. The highest BCUT2D eigenvalue weighted by molar-refractivity contribution is 6.74. The first-order valence-corrected chi connectivity index (χ1v) is 9.66. The average Bonchev–Trinajstić information content (AvgIpc) is 2.24. The average molecular weight is 287 g/mol. The first-order valence-electron chi connectivity index (χ1n) is 6.75. The molecule has 1 saturated heterocycles. The van der Waals surface area contributed by atoms with Gasteiger partial charge in [0, 0.05) is 0 Å². The third-order valence-electron chi connectivity index (χ3n) is 4.26. The molecule has 0 aromatic rings. The zero-order valence-corrected chi connectivity index (χ0v) is 13.7. The number of carboxylic acid groups (broad SMARTS) is 1. The van der Waals surface area contributed by atoms with Gasteiger partial charge in [-0.05, 0) is 24.6 Å². The van der Waals surface area contributed by atoms with Gasteiger partial charge in [0.1, 0.15) is 0 Å². The molecule has 1 unspecified atom stereocenters. The highest BCUT2D eigenvalue weighted by Crippen LogP contribution is 2.41. The lowest BCUT2D eigenvalue weighted by atomic mass is 9.85. The molecule has 110 valence electrons. The summed E-state index contributed by atoms with van der Waals surface area (Å²) in [6.07, 6.45) is 0.618. The summed E-state index contributed by atoms with van der Waals surface area (Å²) in [5, 5.41) is 10.3. The Morgan fingerprint density at radius 3 is 2.32 bits per heavy atom. The van der Waals surface area contributed by atoms with Gasteiger partial charge in [-0.2, -0.15) is 0 Å². The topological polar surface area (TPSA) is 66.8 Å². The molecule has 5 nitrogen and oxygen atoms in total. The number of carboxylic acids is 1. The maximum absolute atomic E-state index is 12.0. The number of hydroxylamine groups is 2. The Kier molecular flexibility index (Phi) is 4.46. The quantitative estimate of drug-likeness (QED) is 0.623. The van der Waals surface area contributed by atoms with Crippen LogP contribution in [0, 0.1) is 5.92 Å². The van der Waals surface area contributed by atoms with Crippen molar-refractivity contribution in [1.29, 1.82) is 0 Å². The second-order valence-electron chi connectivity index (χ2n) is 6.70. The van der Waals surface area contributed by atoms with Crippen molar-refractivity contribution in [3.05, 3.63) is 0 Å². The van der Waals surface area contributed by atoms with E-state index >= 15 is 0 Å². The predicted octanol–water partition coefficient (Wildman–Crippen LogP) is 2.63. The molecule has 6 heteroatoms. The summed E-state index contributed by atoms with van der Waals surface area (Å²) in [6.45, 7) is 12.3. The second kappa shape index (κ2) is 5.24. The number of aliphatic carboxylic acids is 1. The Balaban J connectivity index is 2.82. The van der Waals surface area contributed by atoms with Crippen LogP contribution in [0.15, 0.2) is 0 Å². The SMILES string of the molecule is CC[C@@H]1C(=O)N(O[Si](C)(C)C(C)(C)C)C1CC(=O)O. The van der Waals surface area contributed by atoms with Crippen LogP contribution in [0.1, 0.15) is 40.5 Å². The van der Waals surface area contributed by atoms with E-state index in [1.165, 1.54) is 5.06 Å². The molecule has 0 aromatic heterocycles. The van der Waals surface area contributed by atoms with Crippen LogP contribution in [0.5, 0.6) is 0 Å². The van der Waals surface area contributed by atoms with Crippen molar-refractivity contribution in [3.8, 4) is 0 Å². The Morgan fingerprint density at radius 2 is 1.95 bits per heavy atom. The van der Waals surface area contributed by atoms with Gasteiger partial charge in [0.15, 0.2) is 0 Å². The van der Waals surface area contributed by atoms with Crippen molar-refractivity contribution in [3.63, 3.8) is 0 Å². The van der Waals surface area contributed by atoms with E-state index in [-0.39, 0.29) is 29.3 Å². The standard InChI is InChI=1S/C13H25NO4Si/c1-7-9-10(8-11(15)16)14(12(9)17)18-19(5,6)13(2,3)4/h9-10H,7-8H2,1-6H3,(H,15,16)/t9-,10?/m0/s1. The van der Waals surface area contributed by atoms with Gasteiger partial charge in [-0.25, -0.2) is 5.06 Å². The smallest absolute Gasteiger partial charge is 0.305 e. The lowest BCUT2D eigenvalue weighted by Gasteiger charge is -2.50. The molecule has 1 heterocycles. The van der Waals surface area contributed by atoms with Crippen LogP contribution in [0.3, 0.4) is 0 Å². The van der Waals surface area contributed by atoms with Crippen molar-refractivity contribution < 1.29 is 19.2 Å². The van der Waals surface area contributed by atoms with E-state index in [1.54, 1.807) is 0 Å². The number of hydrogen-bond donors (Lipinski definition) is 1. The van der Waals surface area contributed by atoms with E-state index in [1.807, 2.05) is 6.92 Å². The molecule has 1 aliphatic heterocycles. The van der Waals surface area contributed by atoms with Crippen LogP contribution in [-0.2, 0) is 14.1 Å². The molecule has 1 fully saturated rings. The van der Waals surface area contributed by atoms with Gasteiger partial charge in [-0.3, -0.25) is 9.59 Å². The number of hydrogen-bond acceptors (Lipinski definition) is 3. The first-order chi connectivity index (χ1) is 8.51. The second-order valence-corrected chi connectivity index (χ2v) is 11.4. The summed E-state index contributed by atoms with van der Waals surface area (Å²) in [6, 6.07) is -0.316. The highest BCUT2D eigenvalue weighted by atomic mass is 28.4. The summed E-state index contributed by atoms with van der Waals surface area (Å²) >= 11 is 0. The number of β-lactam (4-membered cyclic amide) rings is 1. The Labute approximate surface area is 116 Å². The van der Waals surface area contributed by atoms with Gasteiger partial charge in [0.25, 0.3) is 5.91 Å². The summed E-state index contributed by atoms with van der Waals surface area (Å²) in [7, 11) is -2.10. The van der Waals surface area contributed by atoms with E-state index in [4.69, 9.17) is 9.63 Å². The zero-order chi connectivity index (χ0) is 15.0. The van der Waals surface area contributed by atoms with Crippen molar-refractivity contribution in [2.24, 2.45) is 5.92 Å². The maximum atomic E-state index is 12.0. The molecular formula is C13H25NO4Si. The molecule has 0 saturated carbocycles. The van der Waals surface area contributed by atoms with Gasteiger partial charge in [0.2, 0.25) is 8.32 Å². The molecule has 0 aromatic carbocycles. The zero-order valence-electron chi connectivity index (χ0n) is 12.7. The van der Waals surface area contributed by atoms with Crippen LogP contribution in [0.4, 0.5) is 0 Å². The minimum absolute atomic E-state index is 0.0155. The number of carbonyl (C=O) groups is 2. The van der Waals surface area contributed by atoms with Crippen molar-refractivity contribution in [1.82, 2.24) is 5.06 Å². The summed E-state index contributed by atoms with van der Waals surface area (Å²) in [5.41, 5.74) is 0. The van der Waals surface area contributed by atoms with Crippen molar-refractivity contribution >= 4 is 20.2 Å². The maximum Gasteiger partial charge on any atom is 0.305 e. The van der Waals surface area contributed by atoms with E-state index in [0.29, 0.717) is 6.42 Å². The van der Waals surface area contributed by atoms with Crippen LogP contribution in [0.2, 0.25) is 18.1 Å². The van der Waals surface area contributed by atoms with Gasteiger partial charge in [0.05, 0.1) is 18.4 Å². The molecule has 1 amide bonds. The van der Waals surface area contributed by atoms with Crippen LogP contribution >= 0.6 is 0 Å². The van der Waals surface area contributed by atoms with Crippen LogP contribution < -0.4 is 0 Å². The molecule has 0 spiro atoms. The van der Waals surface area contributed by atoms with Crippen molar-refractivity contribution in [2.45, 2.75) is 64.7 Å². The lowest BCUT2D eigenvalue weighted by Crippen LogP contribution is -2.64. The first kappa shape index (κ1) is 16.2. The monoisotopic (exact) mass is 287 g/mol. The minimum atomic E-state index is -2.10. The molecule has 1 aliphatic rings. The Bertz CT molecular complexity index is 375. The third kappa shape index (κ3) is 3.17. The molecular weight excluding hydrogens is 262 g/mol. The van der Waals surface area contributed by atoms with Gasteiger partial charge in [-0.15, -0.1) is 0 Å². The molecule has 19 heavy (non-hydrogen) atoms. The summed E-state index contributed by atoms with van der Waals surface area (Å²) < 4.78 is 5.96. The molecule has 0 bridgehead atoms. The van der Waals surface area contributed by atoms with E-state index < -0.39 is 14.3 Å². The van der Waals surface area contributed by atoms with Gasteiger partial charge in [-0.1, -0.05) is 27.7 Å². The fourth-order valence-electron chi connectivity index (χ4n) is 1.92. The van der Waals surface area contributed by atoms with Crippen LogP contribution in [-0.4, -0.2) is 36.4 Å². The molecule has 0 aliphatic carbocycles. The van der Waals surface area contributed by atoms with E-state index in [9.17, 15) is 9.59 Å². The number of rotatable bonds is 5. The number of amides is 1. The van der Waals surface area contributed by atoms with Crippen molar-refractivity contribution in [2.75, 3.05) is 0 Å². The Hall–Kier alpha value is -0.883. The normalized spacial score (nSPS) is 24.3. The molecule has 0 radical (unpaired) electrons. The number of nitrogens with zero attached hydrogens (tertiary/aromatic N) is 1. The minimum Gasteiger partial charge on any atom is -0.481 e. The number of carbonyl (C=O) groups excluding carboxylic acids is 1. The fraction of sp³-hybridized carbons (Fsp3) is 0.846. The van der Waals surface area contributed by atoms with Gasteiger partial charge >= 0.3 is 5.97 Å². The summed E-state index contributed by atoms with van der Waals surface area (Å²) in [4.78, 5) is 22.9. The van der Waals surface area contributed by atoms with E-state index in [0.717, 1.165) is 0 Å². The molecule has 1 N–H and O–H groups in total. The fourth-order valence-corrected chi connectivity index (χ4v) is 2.91. The third-order valence-corrected chi connectivity index (χ3v) is 8.52. The van der Waals surface area contributed by atoms with Gasteiger partial charge < -0.3 is 9.63 Å². The summed E-state index contributed by atoms with van der Waals surface area (Å²) in [5.74, 6) is -1.17. The van der Waals surface area contributed by atoms with E-state index in [2.05, 4.69) is 33.9 Å².